The average Bonchev–Trinajstić information content (AvgIpc) is 2.85. The van der Waals surface area contributed by atoms with Crippen molar-refractivity contribution in [2.24, 2.45) is 7.05 Å². The first-order valence-corrected chi connectivity index (χ1v) is 11.0. The van der Waals surface area contributed by atoms with E-state index in [4.69, 9.17) is 14.2 Å². The number of halogens is 3. The monoisotopic (exact) mass is 506 g/mol. The van der Waals surface area contributed by atoms with Crippen LogP contribution in [-0.4, -0.2) is 28.3 Å². The number of hydrogen-bond acceptors (Lipinski definition) is 6. The van der Waals surface area contributed by atoms with E-state index in [2.05, 4.69) is 0 Å². The smallest absolute Gasteiger partial charge is 0.431 e. The van der Waals surface area contributed by atoms with Gasteiger partial charge in [-0.2, -0.15) is 13.2 Å². The largest absolute Gasteiger partial charge is 0.489 e. The standard InChI is InChI=1S/C25H25F3N2O6/c1-5-16-6-11-20(36-15(2)23(32)34-4)17(12-16)14-35-19-9-7-18(8-10-19)30-22(31)13-21(25(26,27)28)29(3)24(30)33/h6-13,15H,5,14H2,1-4H3. The molecule has 1 aromatic heterocycles. The summed E-state index contributed by atoms with van der Waals surface area (Å²) in [6, 6.07) is 11.6. The summed E-state index contributed by atoms with van der Waals surface area (Å²) in [5.41, 5.74) is -1.76. The van der Waals surface area contributed by atoms with E-state index in [1.54, 1.807) is 13.0 Å². The molecule has 0 N–H and O–H groups in total. The van der Waals surface area contributed by atoms with Gasteiger partial charge in [0.2, 0.25) is 0 Å². The number of alkyl halides is 3. The summed E-state index contributed by atoms with van der Waals surface area (Å²) in [4.78, 5) is 36.5. The maximum Gasteiger partial charge on any atom is 0.431 e. The van der Waals surface area contributed by atoms with Gasteiger partial charge in [-0.15, -0.1) is 0 Å². The third-order valence-corrected chi connectivity index (χ3v) is 5.47. The predicted octanol–water partition coefficient (Wildman–Crippen LogP) is 3.64. The molecule has 1 unspecified atom stereocenters. The molecule has 0 radical (unpaired) electrons. The van der Waals surface area contributed by atoms with E-state index in [-0.39, 0.29) is 12.3 Å². The molecule has 2 aromatic carbocycles. The Morgan fingerprint density at radius 2 is 1.72 bits per heavy atom. The lowest BCUT2D eigenvalue weighted by Gasteiger charge is -2.17. The molecule has 0 fully saturated rings. The van der Waals surface area contributed by atoms with Gasteiger partial charge in [0.1, 0.15) is 23.8 Å². The van der Waals surface area contributed by atoms with Crippen molar-refractivity contribution in [1.29, 1.82) is 0 Å². The summed E-state index contributed by atoms with van der Waals surface area (Å²) < 4.78 is 56.5. The van der Waals surface area contributed by atoms with Crippen molar-refractivity contribution >= 4 is 5.97 Å². The second kappa shape index (κ2) is 10.7. The highest BCUT2D eigenvalue weighted by Crippen LogP contribution is 2.27. The van der Waals surface area contributed by atoms with Crippen LogP contribution in [0.2, 0.25) is 0 Å². The van der Waals surface area contributed by atoms with Crippen LogP contribution < -0.4 is 20.7 Å². The van der Waals surface area contributed by atoms with Crippen molar-refractivity contribution in [3.8, 4) is 17.2 Å². The van der Waals surface area contributed by atoms with Gasteiger partial charge < -0.3 is 14.2 Å². The number of ether oxygens (including phenoxy) is 3. The first kappa shape index (κ1) is 26.6. The van der Waals surface area contributed by atoms with Gasteiger partial charge in [-0.25, -0.2) is 14.2 Å². The van der Waals surface area contributed by atoms with E-state index in [0.29, 0.717) is 32.3 Å². The Morgan fingerprint density at radius 1 is 1.06 bits per heavy atom. The van der Waals surface area contributed by atoms with Crippen LogP contribution in [0.3, 0.4) is 0 Å². The molecule has 8 nitrogen and oxygen atoms in total. The van der Waals surface area contributed by atoms with Crippen LogP contribution in [0, 0.1) is 0 Å². The van der Waals surface area contributed by atoms with Crippen molar-refractivity contribution < 1.29 is 32.2 Å². The molecule has 0 aliphatic carbocycles. The SMILES string of the molecule is CCc1ccc(OC(C)C(=O)OC)c(COc2ccc(-n3c(=O)cc(C(F)(F)F)n(C)c3=O)cc2)c1. The Hall–Kier alpha value is -4.02. The first-order chi connectivity index (χ1) is 17.0. The Morgan fingerprint density at radius 3 is 2.31 bits per heavy atom. The molecule has 0 saturated carbocycles. The lowest BCUT2D eigenvalue weighted by Crippen LogP contribution is -2.40. The fraction of sp³-hybridized carbons (Fsp3) is 0.320. The van der Waals surface area contributed by atoms with Crippen molar-refractivity contribution in [1.82, 2.24) is 9.13 Å². The molecule has 36 heavy (non-hydrogen) atoms. The molecular formula is C25H25F3N2O6. The van der Waals surface area contributed by atoms with Crippen LogP contribution >= 0.6 is 0 Å². The topological polar surface area (TPSA) is 88.8 Å². The lowest BCUT2D eigenvalue weighted by atomic mass is 10.1. The number of rotatable bonds is 8. The number of aromatic nitrogens is 2. The highest BCUT2D eigenvalue weighted by atomic mass is 19.4. The maximum atomic E-state index is 13.1. The van der Waals surface area contributed by atoms with Crippen LogP contribution in [0.5, 0.6) is 11.5 Å². The number of esters is 1. The first-order valence-electron chi connectivity index (χ1n) is 11.0. The third-order valence-electron chi connectivity index (χ3n) is 5.47. The highest BCUT2D eigenvalue weighted by molar-refractivity contribution is 5.74. The number of benzene rings is 2. The zero-order chi connectivity index (χ0) is 26.6. The predicted molar refractivity (Wildman–Crippen MR) is 125 cm³/mol. The van der Waals surface area contributed by atoms with Gasteiger partial charge >= 0.3 is 17.8 Å². The summed E-state index contributed by atoms with van der Waals surface area (Å²) in [6.07, 6.45) is -4.90. The molecule has 11 heteroatoms. The summed E-state index contributed by atoms with van der Waals surface area (Å²) >= 11 is 0. The van der Waals surface area contributed by atoms with Crippen LogP contribution in [0.15, 0.2) is 58.1 Å². The van der Waals surface area contributed by atoms with E-state index >= 15 is 0 Å². The van der Waals surface area contributed by atoms with Gasteiger partial charge in [0.15, 0.2) is 6.10 Å². The van der Waals surface area contributed by atoms with Gasteiger partial charge in [-0.05, 0) is 55.3 Å². The summed E-state index contributed by atoms with van der Waals surface area (Å²) in [7, 11) is 2.22. The minimum Gasteiger partial charge on any atom is -0.489 e. The summed E-state index contributed by atoms with van der Waals surface area (Å²) in [5, 5.41) is 0. The fourth-order valence-corrected chi connectivity index (χ4v) is 3.47. The Balaban J connectivity index is 1.84. The van der Waals surface area contributed by atoms with Crippen LogP contribution in [-0.2, 0) is 35.8 Å². The zero-order valence-corrected chi connectivity index (χ0v) is 20.1. The van der Waals surface area contributed by atoms with Crippen molar-refractivity contribution in [3.05, 3.63) is 86.2 Å². The van der Waals surface area contributed by atoms with Gasteiger partial charge in [0, 0.05) is 18.7 Å². The average molecular weight is 506 g/mol. The molecule has 3 rings (SSSR count). The fourth-order valence-electron chi connectivity index (χ4n) is 3.47. The molecule has 0 spiro atoms. The normalized spacial score (nSPS) is 12.2. The number of carbonyl (C=O) groups is 1. The molecule has 0 aliphatic heterocycles. The number of aryl methyl sites for hydroxylation is 1. The lowest BCUT2D eigenvalue weighted by molar-refractivity contribution is -0.148. The van der Waals surface area contributed by atoms with E-state index in [0.717, 1.165) is 19.0 Å². The van der Waals surface area contributed by atoms with Gasteiger partial charge in [0.25, 0.3) is 5.56 Å². The zero-order valence-electron chi connectivity index (χ0n) is 20.1. The Labute approximate surface area is 204 Å². The minimum atomic E-state index is -4.84. The van der Waals surface area contributed by atoms with Gasteiger partial charge in [-0.1, -0.05) is 13.0 Å². The second-order valence-electron chi connectivity index (χ2n) is 7.90. The van der Waals surface area contributed by atoms with Crippen molar-refractivity contribution in [2.75, 3.05) is 7.11 Å². The molecule has 0 aliphatic rings. The molecule has 0 bridgehead atoms. The number of methoxy groups -OCH3 is 1. The molecule has 192 valence electrons. The van der Waals surface area contributed by atoms with E-state index < -0.39 is 35.2 Å². The number of carbonyl (C=O) groups excluding carboxylic acids is 1. The second-order valence-corrected chi connectivity index (χ2v) is 7.90. The molecule has 0 saturated heterocycles. The van der Waals surface area contributed by atoms with Gasteiger partial charge in [0.05, 0.1) is 12.8 Å². The molecule has 1 heterocycles. The molecule has 0 amide bonds. The maximum absolute atomic E-state index is 13.1. The highest BCUT2D eigenvalue weighted by Gasteiger charge is 2.35. The van der Waals surface area contributed by atoms with Crippen LogP contribution in [0.25, 0.3) is 5.69 Å². The molecular weight excluding hydrogens is 481 g/mol. The molecule has 1 atom stereocenters. The van der Waals surface area contributed by atoms with Crippen LogP contribution in [0.4, 0.5) is 13.2 Å². The van der Waals surface area contributed by atoms with E-state index in [1.807, 2.05) is 19.1 Å². The van der Waals surface area contributed by atoms with E-state index in [1.165, 1.54) is 31.4 Å². The summed E-state index contributed by atoms with van der Waals surface area (Å²) in [6.45, 7) is 3.64. The Kier molecular flexibility index (Phi) is 7.91. The molecule has 3 aromatic rings. The van der Waals surface area contributed by atoms with Crippen LogP contribution in [0.1, 0.15) is 30.7 Å². The quantitative estimate of drug-likeness (QED) is 0.434. The van der Waals surface area contributed by atoms with Gasteiger partial charge in [-0.3, -0.25) is 9.36 Å². The third kappa shape index (κ3) is 5.78. The van der Waals surface area contributed by atoms with Crippen molar-refractivity contribution in [2.45, 2.75) is 39.2 Å². The Bertz CT molecular complexity index is 1360. The summed E-state index contributed by atoms with van der Waals surface area (Å²) in [5.74, 6) is 0.299. The number of hydrogen-bond donors (Lipinski definition) is 0. The van der Waals surface area contributed by atoms with E-state index in [9.17, 15) is 27.6 Å². The minimum absolute atomic E-state index is 0.0818. The van der Waals surface area contributed by atoms with Crippen molar-refractivity contribution in [3.63, 3.8) is 0 Å². The number of nitrogens with zero attached hydrogens (tertiary/aromatic N) is 2.